The number of carbonyl (C=O) groups is 1. The van der Waals surface area contributed by atoms with Crippen molar-refractivity contribution in [2.45, 2.75) is 33.2 Å². The van der Waals surface area contributed by atoms with E-state index in [1.54, 1.807) is 14.0 Å². The SMILES string of the molecule is CCC(C)C(N)C(=O)N(C)CCS(=O)(=O)CC.Cl. The van der Waals surface area contributed by atoms with Crippen molar-refractivity contribution in [3.63, 3.8) is 0 Å². The maximum absolute atomic E-state index is 11.9. The van der Waals surface area contributed by atoms with E-state index in [0.29, 0.717) is 0 Å². The number of nitrogens with zero attached hydrogens (tertiary/aromatic N) is 1. The Morgan fingerprint density at radius 1 is 1.33 bits per heavy atom. The van der Waals surface area contributed by atoms with Crippen molar-refractivity contribution < 1.29 is 13.2 Å². The Bertz CT molecular complexity index is 346. The highest BCUT2D eigenvalue weighted by Crippen LogP contribution is 2.07. The number of hydrogen-bond donors (Lipinski definition) is 1. The molecule has 0 aromatic rings. The lowest BCUT2D eigenvalue weighted by Gasteiger charge is -2.24. The summed E-state index contributed by atoms with van der Waals surface area (Å²) in [6.45, 7) is 5.69. The molecule has 2 N–H and O–H groups in total. The second kappa shape index (κ2) is 8.72. The van der Waals surface area contributed by atoms with Gasteiger partial charge in [0.15, 0.2) is 9.84 Å². The van der Waals surface area contributed by atoms with E-state index in [1.165, 1.54) is 4.90 Å². The van der Waals surface area contributed by atoms with Crippen molar-refractivity contribution in [3.05, 3.63) is 0 Å². The Labute approximate surface area is 116 Å². The van der Waals surface area contributed by atoms with E-state index >= 15 is 0 Å². The van der Waals surface area contributed by atoms with Crippen LogP contribution in [0, 0.1) is 5.92 Å². The van der Waals surface area contributed by atoms with E-state index in [-0.39, 0.29) is 42.3 Å². The van der Waals surface area contributed by atoms with Crippen molar-refractivity contribution in [2.75, 3.05) is 25.1 Å². The molecule has 110 valence electrons. The molecule has 0 fully saturated rings. The topological polar surface area (TPSA) is 80.5 Å². The summed E-state index contributed by atoms with van der Waals surface area (Å²) in [7, 11) is -1.44. The first-order valence-electron chi connectivity index (χ1n) is 5.96. The van der Waals surface area contributed by atoms with Crippen LogP contribution in [0.15, 0.2) is 0 Å². The summed E-state index contributed by atoms with van der Waals surface area (Å²) < 4.78 is 22.6. The van der Waals surface area contributed by atoms with Gasteiger partial charge >= 0.3 is 0 Å². The Morgan fingerprint density at radius 3 is 2.22 bits per heavy atom. The highest BCUT2D eigenvalue weighted by Gasteiger charge is 2.23. The van der Waals surface area contributed by atoms with Gasteiger partial charge in [-0.2, -0.15) is 0 Å². The Morgan fingerprint density at radius 2 is 1.83 bits per heavy atom. The third kappa shape index (κ3) is 6.56. The van der Waals surface area contributed by atoms with Crippen LogP contribution in [0.2, 0.25) is 0 Å². The van der Waals surface area contributed by atoms with Gasteiger partial charge in [-0.05, 0) is 5.92 Å². The zero-order valence-electron chi connectivity index (χ0n) is 11.5. The lowest BCUT2D eigenvalue weighted by molar-refractivity contribution is -0.132. The molecule has 0 aromatic heterocycles. The summed E-state index contributed by atoms with van der Waals surface area (Å²) in [5.41, 5.74) is 5.80. The van der Waals surface area contributed by atoms with Crippen LogP contribution in [0.1, 0.15) is 27.2 Å². The molecule has 0 spiro atoms. The molecular formula is C11H25ClN2O3S. The maximum atomic E-state index is 11.9. The Kier molecular flexibility index (Phi) is 9.68. The summed E-state index contributed by atoms with van der Waals surface area (Å²) >= 11 is 0. The van der Waals surface area contributed by atoms with Crippen LogP contribution in [0.3, 0.4) is 0 Å². The number of rotatable bonds is 7. The third-order valence-electron chi connectivity index (χ3n) is 3.10. The van der Waals surface area contributed by atoms with Gasteiger partial charge in [-0.25, -0.2) is 8.42 Å². The summed E-state index contributed by atoms with van der Waals surface area (Å²) in [5.74, 6) is 0.0178. The van der Waals surface area contributed by atoms with E-state index in [9.17, 15) is 13.2 Å². The number of carbonyl (C=O) groups excluding carboxylic acids is 1. The molecular weight excluding hydrogens is 276 g/mol. The molecule has 0 bridgehead atoms. The molecule has 0 aliphatic carbocycles. The van der Waals surface area contributed by atoms with Crippen LogP contribution in [-0.4, -0.2) is 50.4 Å². The second-order valence-corrected chi connectivity index (χ2v) is 6.88. The molecule has 0 aromatic carbocycles. The highest BCUT2D eigenvalue weighted by molar-refractivity contribution is 7.91. The van der Waals surface area contributed by atoms with Gasteiger partial charge < -0.3 is 10.6 Å². The molecule has 0 heterocycles. The first-order valence-corrected chi connectivity index (χ1v) is 7.78. The normalized spacial score (nSPS) is 14.5. The van der Waals surface area contributed by atoms with Gasteiger partial charge in [-0.1, -0.05) is 27.2 Å². The van der Waals surface area contributed by atoms with E-state index in [4.69, 9.17) is 5.73 Å². The third-order valence-corrected chi connectivity index (χ3v) is 4.78. The van der Waals surface area contributed by atoms with Crippen molar-refractivity contribution in [1.82, 2.24) is 4.90 Å². The van der Waals surface area contributed by atoms with Crippen molar-refractivity contribution in [3.8, 4) is 0 Å². The Balaban J connectivity index is 0. The van der Waals surface area contributed by atoms with Gasteiger partial charge in [0.05, 0.1) is 11.8 Å². The fourth-order valence-electron chi connectivity index (χ4n) is 1.28. The predicted octanol–water partition coefficient (Wildman–Crippen LogP) is 0.675. The van der Waals surface area contributed by atoms with Crippen LogP contribution < -0.4 is 5.73 Å². The zero-order valence-corrected chi connectivity index (χ0v) is 13.2. The van der Waals surface area contributed by atoms with Gasteiger partial charge in [0.1, 0.15) is 0 Å². The zero-order chi connectivity index (χ0) is 13.6. The van der Waals surface area contributed by atoms with E-state index < -0.39 is 15.9 Å². The molecule has 5 nitrogen and oxygen atoms in total. The average Bonchev–Trinajstić information content (AvgIpc) is 2.33. The monoisotopic (exact) mass is 300 g/mol. The standard InChI is InChI=1S/C11H24N2O3S.ClH/c1-5-9(3)10(12)11(14)13(4)7-8-17(15,16)6-2;/h9-10H,5-8,12H2,1-4H3;1H. The molecule has 2 unspecified atom stereocenters. The van der Waals surface area contributed by atoms with Crippen molar-refractivity contribution in [1.29, 1.82) is 0 Å². The molecule has 7 heteroatoms. The average molecular weight is 301 g/mol. The van der Waals surface area contributed by atoms with Gasteiger partial charge in [0, 0.05) is 19.3 Å². The lowest BCUT2D eigenvalue weighted by atomic mass is 9.99. The van der Waals surface area contributed by atoms with E-state index in [1.807, 2.05) is 13.8 Å². The number of halogens is 1. The van der Waals surface area contributed by atoms with Crippen LogP contribution in [0.5, 0.6) is 0 Å². The lowest BCUT2D eigenvalue weighted by Crippen LogP contribution is -2.46. The first-order chi connectivity index (χ1) is 7.75. The number of hydrogen-bond acceptors (Lipinski definition) is 4. The minimum Gasteiger partial charge on any atom is -0.343 e. The first kappa shape index (κ1) is 20.0. The van der Waals surface area contributed by atoms with E-state index in [0.717, 1.165) is 6.42 Å². The van der Waals surface area contributed by atoms with Crippen molar-refractivity contribution >= 4 is 28.2 Å². The molecule has 0 rings (SSSR count). The van der Waals surface area contributed by atoms with Crippen LogP contribution in [0.25, 0.3) is 0 Å². The molecule has 0 saturated heterocycles. The smallest absolute Gasteiger partial charge is 0.239 e. The number of nitrogens with two attached hydrogens (primary N) is 1. The molecule has 0 aliphatic rings. The van der Waals surface area contributed by atoms with Crippen LogP contribution in [0.4, 0.5) is 0 Å². The largest absolute Gasteiger partial charge is 0.343 e. The molecule has 0 radical (unpaired) electrons. The van der Waals surface area contributed by atoms with E-state index in [2.05, 4.69) is 0 Å². The molecule has 0 aliphatic heterocycles. The van der Waals surface area contributed by atoms with Crippen LogP contribution >= 0.6 is 12.4 Å². The fraction of sp³-hybridized carbons (Fsp3) is 0.909. The highest BCUT2D eigenvalue weighted by atomic mass is 35.5. The summed E-state index contributed by atoms with van der Waals surface area (Å²) in [4.78, 5) is 13.3. The molecule has 1 amide bonds. The van der Waals surface area contributed by atoms with Gasteiger partial charge in [0.2, 0.25) is 5.91 Å². The fourth-order valence-corrected chi connectivity index (χ4v) is 2.12. The second-order valence-electron chi connectivity index (χ2n) is 4.41. The van der Waals surface area contributed by atoms with Gasteiger partial charge in [-0.3, -0.25) is 4.79 Å². The van der Waals surface area contributed by atoms with Crippen LogP contribution in [-0.2, 0) is 14.6 Å². The molecule has 18 heavy (non-hydrogen) atoms. The predicted molar refractivity (Wildman–Crippen MR) is 76.6 cm³/mol. The number of sulfone groups is 1. The minimum absolute atomic E-state index is 0. The quantitative estimate of drug-likeness (QED) is 0.749. The van der Waals surface area contributed by atoms with Gasteiger partial charge in [0.25, 0.3) is 0 Å². The summed E-state index contributed by atoms with van der Waals surface area (Å²) in [6, 6.07) is -0.547. The summed E-state index contributed by atoms with van der Waals surface area (Å²) in [5, 5.41) is 0. The maximum Gasteiger partial charge on any atom is 0.239 e. The van der Waals surface area contributed by atoms with Gasteiger partial charge in [-0.15, -0.1) is 12.4 Å². The minimum atomic E-state index is -3.03. The number of likely N-dealkylation sites (N-methyl/N-ethyl adjacent to an activating group) is 1. The molecule has 0 saturated carbocycles. The Hall–Kier alpha value is -0.330. The van der Waals surface area contributed by atoms with Crippen molar-refractivity contribution in [2.24, 2.45) is 11.7 Å². The summed E-state index contributed by atoms with van der Waals surface area (Å²) in [6.07, 6.45) is 0.827. The molecule has 2 atom stereocenters. The number of amides is 1.